The van der Waals surface area contributed by atoms with Crippen LogP contribution in [0.25, 0.3) is 0 Å². The maximum absolute atomic E-state index is 15.6. The Morgan fingerprint density at radius 3 is 1.98 bits per heavy atom. The van der Waals surface area contributed by atoms with E-state index in [4.69, 9.17) is 28.4 Å². The zero-order chi connectivity index (χ0) is 46.4. The minimum atomic E-state index is -2.42. The molecule has 0 unspecified atom stereocenters. The lowest BCUT2D eigenvalue weighted by molar-refractivity contribution is -0.346. The third-order valence-corrected chi connectivity index (χ3v) is 13.7. The van der Waals surface area contributed by atoms with Gasteiger partial charge in [0.1, 0.15) is 30.0 Å². The number of Topliss-reactive ketones (excluding diaryl/α,β-unsaturated/α-hetero) is 1. The SMILES string of the molecule is CC(=O)O[C@H]1C(=O)[C@@]2(C)[C@H]([C@H](OC(=O)c3ccccc3)[C@]3(O)C[C@H](OC(=O)[C@H](OC=O)[C@@H](NC(=O)c4ccccc4)c4ccccc4)C(C)=C1C3(C)C)[C@]1(OC(C)=O)CO[C@@H]1C[C@@H]2O. The third kappa shape index (κ3) is 7.66. The smallest absolute Gasteiger partial charge is 0.350 e. The molecule has 3 aliphatic carbocycles. The fraction of sp³-hybridized carbons (Fsp3) is 0.438. The van der Waals surface area contributed by atoms with Gasteiger partial charge in [-0.2, -0.15) is 0 Å². The number of esters is 4. The molecular weight excluding hydrogens is 831 g/mol. The first-order valence-electron chi connectivity index (χ1n) is 20.9. The fourth-order valence-electron chi connectivity index (χ4n) is 10.4. The van der Waals surface area contributed by atoms with Crippen LogP contribution in [-0.2, 0) is 52.4 Å². The molecule has 0 spiro atoms. The molecule has 2 bridgehead atoms. The molecule has 2 saturated carbocycles. The number of hydrogen-bond donors (Lipinski definition) is 3. The Balaban J connectivity index is 1.41. The molecule has 3 N–H and O–H groups in total. The zero-order valence-corrected chi connectivity index (χ0v) is 36.2. The van der Waals surface area contributed by atoms with Gasteiger partial charge in [0.15, 0.2) is 17.5 Å². The number of benzene rings is 3. The van der Waals surface area contributed by atoms with Gasteiger partial charge in [0, 0.05) is 37.7 Å². The quantitative estimate of drug-likeness (QED) is 0.101. The van der Waals surface area contributed by atoms with E-state index in [2.05, 4.69) is 5.32 Å². The standard InChI is InChI=1S/C48H51NO15/c1-26-32(62-44(57)38(60-25-50)36(29-16-10-7-11-17-29)49-42(55)30-18-12-8-13-19-30)23-48(58)41(63-43(56)31-20-14-9-15-21-31)39-46(6,33(53)22-34-47(39,24-59-34)64-28(3)52)40(54)37(61-27(2)51)35(26)45(48,4)5/h7-21,25,32-34,36-39,41,53,58H,22-24H2,1-6H3,(H,49,55)/t32-,33-,34+,36-,37+,38+,39-,41-,46+,47-,48+/m0/s1. The molecule has 3 aromatic carbocycles. The second-order valence-electron chi connectivity index (χ2n) is 17.6. The summed E-state index contributed by atoms with van der Waals surface area (Å²) in [5, 5.41) is 28.6. The summed E-state index contributed by atoms with van der Waals surface area (Å²) < 4.78 is 35.8. The normalized spacial score (nSPS) is 31.1. The number of carbonyl (C=O) groups is 7. The van der Waals surface area contributed by atoms with Gasteiger partial charge in [-0.25, -0.2) is 9.59 Å². The van der Waals surface area contributed by atoms with Crippen molar-refractivity contribution < 1.29 is 72.2 Å². The summed E-state index contributed by atoms with van der Waals surface area (Å²) in [6, 6.07) is 22.8. The number of aliphatic hydroxyl groups excluding tert-OH is 1. The van der Waals surface area contributed by atoms with Gasteiger partial charge in [0.25, 0.3) is 12.4 Å². The van der Waals surface area contributed by atoms with Crippen molar-refractivity contribution in [2.75, 3.05) is 6.61 Å². The van der Waals surface area contributed by atoms with Crippen molar-refractivity contribution in [1.82, 2.24) is 5.32 Å². The van der Waals surface area contributed by atoms with Crippen LogP contribution in [0.15, 0.2) is 102 Å². The lowest BCUT2D eigenvalue weighted by Crippen LogP contribution is -2.82. The van der Waals surface area contributed by atoms with E-state index in [1.165, 1.54) is 26.0 Å². The Morgan fingerprint density at radius 1 is 0.844 bits per heavy atom. The van der Waals surface area contributed by atoms with Crippen LogP contribution in [0.2, 0.25) is 0 Å². The van der Waals surface area contributed by atoms with E-state index in [1.54, 1.807) is 92.7 Å². The minimum Gasteiger partial charge on any atom is -0.455 e. The molecule has 0 aromatic heterocycles. The van der Waals surface area contributed by atoms with E-state index in [9.17, 15) is 39.0 Å². The maximum atomic E-state index is 15.6. The molecule has 1 saturated heterocycles. The minimum absolute atomic E-state index is 0.0229. The van der Waals surface area contributed by atoms with E-state index in [1.807, 2.05) is 0 Å². The zero-order valence-electron chi connectivity index (χ0n) is 36.2. The number of rotatable bonds is 12. The topological polar surface area (TPSA) is 227 Å². The van der Waals surface area contributed by atoms with E-state index >= 15 is 4.79 Å². The van der Waals surface area contributed by atoms with E-state index < -0.39 is 113 Å². The molecule has 1 amide bonds. The van der Waals surface area contributed by atoms with E-state index in [0.717, 1.165) is 13.8 Å². The summed E-state index contributed by atoms with van der Waals surface area (Å²) in [6.45, 7) is 7.93. The number of nitrogens with one attached hydrogen (secondary N) is 1. The highest BCUT2D eigenvalue weighted by atomic mass is 16.6. The molecule has 16 nitrogen and oxygen atoms in total. The Morgan fingerprint density at radius 2 is 1.44 bits per heavy atom. The number of ether oxygens (including phenoxy) is 6. The van der Waals surface area contributed by atoms with Crippen molar-refractivity contribution in [2.45, 2.75) is 108 Å². The molecular formula is C48H51NO15. The second kappa shape index (κ2) is 17.4. The molecule has 3 fully saturated rings. The highest BCUT2D eigenvalue weighted by molar-refractivity contribution is 5.96. The Bertz CT molecular complexity index is 2350. The number of aliphatic hydroxyl groups is 2. The van der Waals surface area contributed by atoms with Crippen LogP contribution < -0.4 is 5.32 Å². The monoisotopic (exact) mass is 881 g/mol. The average molecular weight is 882 g/mol. The first kappa shape index (κ1) is 45.8. The molecule has 338 valence electrons. The number of carbonyl (C=O) groups excluding carboxylic acids is 7. The molecule has 64 heavy (non-hydrogen) atoms. The summed E-state index contributed by atoms with van der Waals surface area (Å²) in [5.41, 5.74) is -7.20. The van der Waals surface area contributed by atoms with Gasteiger partial charge in [0.05, 0.1) is 29.6 Å². The van der Waals surface area contributed by atoms with Crippen LogP contribution >= 0.6 is 0 Å². The van der Waals surface area contributed by atoms with Crippen molar-refractivity contribution in [3.63, 3.8) is 0 Å². The summed E-state index contributed by atoms with van der Waals surface area (Å²) in [6.07, 6.45) is -10.5. The molecule has 1 heterocycles. The van der Waals surface area contributed by atoms with E-state index in [0.29, 0.717) is 5.56 Å². The first-order valence-corrected chi connectivity index (χ1v) is 20.9. The van der Waals surface area contributed by atoms with E-state index in [-0.39, 0.29) is 41.8 Å². The molecule has 0 radical (unpaired) electrons. The van der Waals surface area contributed by atoms with Crippen LogP contribution in [-0.4, -0.2) is 107 Å². The number of amides is 1. The highest BCUT2D eigenvalue weighted by Gasteiger charge is 2.78. The third-order valence-electron chi connectivity index (χ3n) is 13.7. The summed E-state index contributed by atoms with van der Waals surface area (Å²) in [4.78, 5) is 96.4. The van der Waals surface area contributed by atoms with Gasteiger partial charge in [-0.05, 0) is 54.8 Å². The number of hydrogen-bond acceptors (Lipinski definition) is 15. The average Bonchev–Trinajstić information content (AvgIpc) is 3.26. The predicted octanol–water partition coefficient (Wildman–Crippen LogP) is 3.92. The van der Waals surface area contributed by atoms with Gasteiger partial charge in [-0.1, -0.05) is 80.6 Å². The van der Waals surface area contributed by atoms with Crippen LogP contribution in [0.5, 0.6) is 0 Å². The largest absolute Gasteiger partial charge is 0.455 e. The first-order chi connectivity index (χ1) is 30.3. The molecule has 7 rings (SSSR count). The number of fused-ring (bicyclic) bond motifs is 5. The van der Waals surface area contributed by atoms with Crippen LogP contribution in [0.1, 0.15) is 86.7 Å². The van der Waals surface area contributed by atoms with Crippen LogP contribution in [0.4, 0.5) is 0 Å². The van der Waals surface area contributed by atoms with Crippen molar-refractivity contribution in [1.29, 1.82) is 0 Å². The summed E-state index contributed by atoms with van der Waals surface area (Å²) in [5.74, 6) is -6.90. The Hall–Kier alpha value is -6.23. The molecule has 3 aromatic rings. The van der Waals surface area contributed by atoms with Crippen molar-refractivity contribution in [3.05, 3.63) is 119 Å². The van der Waals surface area contributed by atoms with Crippen molar-refractivity contribution in [3.8, 4) is 0 Å². The van der Waals surface area contributed by atoms with Crippen LogP contribution in [0, 0.1) is 16.7 Å². The summed E-state index contributed by atoms with van der Waals surface area (Å²) in [7, 11) is 0. The maximum Gasteiger partial charge on any atom is 0.350 e. The van der Waals surface area contributed by atoms with Gasteiger partial charge in [0.2, 0.25) is 6.10 Å². The lowest BCUT2D eigenvalue weighted by Gasteiger charge is -2.67. The molecule has 11 atom stereocenters. The van der Waals surface area contributed by atoms with Gasteiger partial charge >= 0.3 is 23.9 Å². The Labute approximate surface area is 369 Å². The van der Waals surface area contributed by atoms with Crippen molar-refractivity contribution >= 4 is 42.0 Å². The lowest BCUT2D eigenvalue weighted by atomic mass is 9.44. The van der Waals surface area contributed by atoms with Gasteiger partial charge < -0.3 is 44.0 Å². The predicted molar refractivity (Wildman–Crippen MR) is 223 cm³/mol. The molecule has 16 heteroatoms. The van der Waals surface area contributed by atoms with Crippen molar-refractivity contribution in [2.24, 2.45) is 16.7 Å². The fourth-order valence-corrected chi connectivity index (χ4v) is 10.4. The second-order valence-corrected chi connectivity index (χ2v) is 17.6. The highest BCUT2D eigenvalue weighted by Crippen LogP contribution is 2.64. The van der Waals surface area contributed by atoms with Gasteiger partial charge in [-0.15, -0.1) is 0 Å². The molecule has 1 aliphatic heterocycles. The van der Waals surface area contributed by atoms with Crippen LogP contribution in [0.3, 0.4) is 0 Å². The Kier molecular flexibility index (Phi) is 12.4. The number of ketones is 1. The molecule has 4 aliphatic rings. The summed E-state index contributed by atoms with van der Waals surface area (Å²) >= 11 is 0. The van der Waals surface area contributed by atoms with Gasteiger partial charge in [-0.3, -0.25) is 24.0 Å².